The van der Waals surface area contributed by atoms with E-state index in [2.05, 4.69) is 4.99 Å². The van der Waals surface area contributed by atoms with Gasteiger partial charge in [0, 0.05) is 24.5 Å². The Hall–Kier alpha value is -1.98. The second-order valence-electron chi connectivity index (χ2n) is 4.93. The summed E-state index contributed by atoms with van der Waals surface area (Å²) in [5.41, 5.74) is 7.63. The number of hydrogen-bond donors (Lipinski definition) is 1. The highest BCUT2D eigenvalue weighted by atomic mass is 19.4. The Kier molecular flexibility index (Phi) is 4.25. The number of benzene rings is 1. The predicted molar refractivity (Wildman–Crippen MR) is 78.4 cm³/mol. The van der Waals surface area contributed by atoms with Gasteiger partial charge in [-0.25, -0.2) is 0 Å². The second-order valence-corrected chi connectivity index (χ2v) is 4.93. The van der Waals surface area contributed by atoms with Crippen LogP contribution in [0.5, 0.6) is 0 Å². The molecule has 0 fully saturated rings. The number of alkyl halides is 3. The molecule has 0 unspecified atom stereocenters. The molecule has 0 atom stereocenters. The zero-order chi connectivity index (χ0) is 15.6. The van der Waals surface area contributed by atoms with Crippen LogP contribution in [0.25, 0.3) is 0 Å². The van der Waals surface area contributed by atoms with E-state index in [-0.39, 0.29) is 0 Å². The maximum Gasteiger partial charge on any atom is 0.416 e. The van der Waals surface area contributed by atoms with Gasteiger partial charge in [-0.3, -0.25) is 4.99 Å². The van der Waals surface area contributed by atoms with Crippen LogP contribution in [0.3, 0.4) is 0 Å². The summed E-state index contributed by atoms with van der Waals surface area (Å²) in [7, 11) is 0. The van der Waals surface area contributed by atoms with Crippen LogP contribution in [-0.4, -0.2) is 18.8 Å². The van der Waals surface area contributed by atoms with Crippen molar-refractivity contribution < 1.29 is 13.2 Å². The second kappa shape index (κ2) is 5.79. The Morgan fingerprint density at radius 1 is 1.43 bits per heavy atom. The van der Waals surface area contributed by atoms with Crippen LogP contribution in [0.2, 0.25) is 0 Å². The standard InChI is InChI=1S/C15H18F3N3/c1-3-20-10(2)8-14(19)21-7-6-11-9-12(15(16,17)18)4-5-13(11)21/h4-5,8-9H,3,6-7,19H2,1-2H3/b14-8+,20-10-. The molecule has 0 saturated heterocycles. The molecule has 0 aromatic heterocycles. The minimum atomic E-state index is -4.31. The number of rotatable bonds is 3. The van der Waals surface area contributed by atoms with Crippen LogP contribution in [0, 0.1) is 0 Å². The Morgan fingerprint density at radius 3 is 2.76 bits per heavy atom. The van der Waals surface area contributed by atoms with Gasteiger partial charge in [0.05, 0.1) is 5.56 Å². The molecule has 0 bridgehead atoms. The summed E-state index contributed by atoms with van der Waals surface area (Å²) >= 11 is 0. The Balaban J connectivity index is 2.29. The first-order chi connectivity index (χ1) is 9.82. The van der Waals surface area contributed by atoms with Gasteiger partial charge in [0.2, 0.25) is 0 Å². The van der Waals surface area contributed by atoms with E-state index in [0.717, 1.165) is 17.5 Å². The zero-order valence-corrected chi connectivity index (χ0v) is 12.0. The van der Waals surface area contributed by atoms with Crippen LogP contribution < -0.4 is 10.6 Å². The SMILES string of the molecule is CC/N=C(C)\C=C(/N)N1CCc2cc(C(F)(F)F)ccc21. The first-order valence-corrected chi connectivity index (χ1v) is 6.78. The van der Waals surface area contributed by atoms with Crippen molar-refractivity contribution >= 4 is 11.4 Å². The molecule has 0 saturated carbocycles. The van der Waals surface area contributed by atoms with Crippen molar-refractivity contribution in [3.8, 4) is 0 Å². The highest BCUT2D eigenvalue weighted by Crippen LogP contribution is 2.36. The van der Waals surface area contributed by atoms with E-state index in [0.29, 0.717) is 30.9 Å². The van der Waals surface area contributed by atoms with Crippen LogP contribution >= 0.6 is 0 Å². The van der Waals surface area contributed by atoms with E-state index in [9.17, 15) is 13.2 Å². The topological polar surface area (TPSA) is 41.6 Å². The summed E-state index contributed by atoms with van der Waals surface area (Å²) in [6, 6.07) is 3.78. The van der Waals surface area contributed by atoms with Gasteiger partial charge in [-0.2, -0.15) is 13.2 Å². The monoisotopic (exact) mass is 297 g/mol. The first kappa shape index (κ1) is 15.4. The lowest BCUT2D eigenvalue weighted by atomic mass is 10.1. The third-order valence-corrected chi connectivity index (χ3v) is 3.38. The fourth-order valence-corrected chi connectivity index (χ4v) is 2.43. The third kappa shape index (κ3) is 3.37. The Bertz CT molecular complexity index is 588. The van der Waals surface area contributed by atoms with E-state index in [4.69, 9.17) is 5.73 Å². The van der Waals surface area contributed by atoms with Gasteiger partial charge in [-0.05, 0) is 50.1 Å². The fourth-order valence-electron chi connectivity index (χ4n) is 2.43. The average molecular weight is 297 g/mol. The molecule has 3 nitrogen and oxygen atoms in total. The molecule has 21 heavy (non-hydrogen) atoms. The molecule has 114 valence electrons. The van der Waals surface area contributed by atoms with Crippen molar-refractivity contribution in [2.75, 3.05) is 18.0 Å². The molecular weight excluding hydrogens is 279 g/mol. The number of nitrogens with two attached hydrogens (primary N) is 1. The summed E-state index contributed by atoms with van der Waals surface area (Å²) in [5.74, 6) is 0.503. The molecular formula is C15H18F3N3. The first-order valence-electron chi connectivity index (χ1n) is 6.78. The van der Waals surface area contributed by atoms with E-state index in [1.54, 1.807) is 6.08 Å². The minimum absolute atomic E-state index is 0.503. The van der Waals surface area contributed by atoms with Crippen LogP contribution in [0.4, 0.5) is 18.9 Å². The number of aliphatic imine (C=N–C) groups is 1. The van der Waals surface area contributed by atoms with Crippen LogP contribution in [0.15, 0.2) is 35.1 Å². The summed E-state index contributed by atoms with van der Waals surface area (Å²) in [6.45, 7) is 5.02. The van der Waals surface area contributed by atoms with E-state index >= 15 is 0 Å². The number of fused-ring (bicyclic) bond motifs is 1. The van der Waals surface area contributed by atoms with E-state index in [1.807, 2.05) is 18.7 Å². The molecule has 0 radical (unpaired) electrons. The Morgan fingerprint density at radius 2 is 2.14 bits per heavy atom. The highest BCUT2D eigenvalue weighted by Gasteiger charge is 2.32. The fraction of sp³-hybridized carbons (Fsp3) is 0.400. The molecule has 0 aliphatic carbocycles. The number of halogens is 3. The number of nitrogens with zero attached hydrogens (tertiary/aromatic N) is 2. The van der Waals surface area contributed by atoms with Crippen molar-refractivity contribution in [1.82, 2.24) is 0 Å². The van der Waals surface area contributed by atoms with Gasteiger partial charge >= 0.3 is 6.18 Å². The van der Waals surface area contributed by atoms with Gasteiger partial charge in [0.25, 0.3) is 0 Å². The molecule has 0 amide bonds. The maximum absolute atomic E-state index is 12.7. The molecule has 2 rings (SSSR count). The number of allylic oxidation sites excluding steroid dienone is 1. The lowest BCUT2D eigenvalue weighted by molar-refractivity contribution is -0.137. The highest BCUT2D eigenvalue weighted by molar-refractivity contribution is 5.93. The smallest absolute Gasteiger partial charge is 0.385 e. The lowest BCUT2D eigenvalue weighted by Crippen LogP contribution is -2.26. The normalized spacial score (nSPS) is 16.3. The summed E-state index contributed by atoms with van der Waals surface area (Å²) in [5, 5.41) is 0. The largest absolute Gasteiger partial charge is 0.416 e. The molecule has 0 spiro atoms. The lowest BCUT2D eigenvalue weighted by Gasteiger charge is -2.20. The molecule has 1 aliphatic rings. The summed E-state index contributed by atoms with van der Waals surface area (Å²) in [4.78, 5) is 6.05. The third-order valence-electron chi connectivity index (χ3n) is 3.38. The molecule has 1 aromatic carbocycles. The molecule has 1 aromatic rings. The van der Waals surface area contributed by atoms with Gasteiger partial charge < -0.3 is 10.6 Å². The van der Waals surface area contributed by atoms with E-state index in [1.165, 1.54) is 12.1 Å². The average Bonchev–Trinajstić information content (AvgIpc) is 2.80. The molecule has 1 aliphatic heterocycles. The molecule has 1 heterocycles. The van der Waals surface area contributed by atoms with Gasteiger partial charge in [-0.1, -0.05) is 0 Å². The Labute approximate surface area is 122 Å². The van der Waals surface area contributed by atoms with Crippen molar-refractivity contribution in [2.45, 2.75) is 26.4 Å². The van der Waals surface area contributed by atoms with Crippen molar-refractivity contribution in [3.63, 3.8) is 0 Å². The number of hydrogen-bond acceptors (Lipinski definition) is 3. The quantitative estimate of drug-likeness (QED) is 0.869. The van der Waals surface area contributed by atoms with Crippen molar-refractivity contribution in [3.05, 3.63) is 41.2 Å². The van der Waals surface area contributed by atoms with Gasteiger partial charge in [0.15, 0.2) is 0 Å². The number of anilines is 1. The van der Waals surface area contributed by atoms with Crippen LogP contribution in [0.1, 0.15) is 25.0 Å². The van der Waals surface area contributed by atoms with E-state index < -0.39 is 11.7 Å². The zero-order valence-electron chi connectivity index (χ0n) is 12.0. The van der Waals surface area contributed by atoms with Gasteiger partial charge in [-0.15, -0.1) is 0 Å². The summed E-state index contributed by atoms with van der Waals surface area (Å²) in [6.07, 6.45) is -2.01. The minimum Gasteiger partial charge on any atom is -0.385 e. The summed E-state index contributed by atoms with van der Waals surface area (Å²) < 4.78 is 38.1. The maximum atomic E-state index is 12.7. The molecule has 2 N–H and O–H groups in total. The van der Waals surface area contributed by atoms with Crippen molar-refractivity contribution in [1.29, 1.82) is 0 Å². The predicted octanol–water partition coefficient (Wildman–Crippen LogP) is 3.35. The van der Waals surface area contributed by atoms with Crippen LogP contribution in [-0.2, 0) is 12.6 Å². The van der Waals surface area contributed by atoms with Crippen molar-refractivity contribution in [2.24, 2.45) is 10.7 Å². The molecule has 6 heteroatoms. The van der Waals surface area contributed by atoms with Gasteiger partial charge in [0.1, 0.15) is 5.82 Å².